The van der Waals surface area contributed by atoms with Crippen molar-refractivity contribution in [1.29, 1.82) is 0 Å². The molecule has 0 aliphatic heterocycles. The monoisotopic (exact) mass is 345 g/mol. The van der Waals surface area contributed by atoms with E-state index in [1.54, 1.807) is 23.1 Å². The van der Waals surface area contributed by atoms with Gasteiger partial charge in [-0.1, -0.05) is 36.0 Å². The molecule has 0 N–H and O–H groups in total. The molecule has 120 valence electrons. The molecule has 0 saturated heterocycles. The Morgan fingerprint density at radius 2 is 1.96 bits per heavy atom. The van der Waals surface area contributed by atoms with Gasteiger partial charge in [0.15, 0.2) is 11.0 Å². The lowest BCUT2D eigenvalue weighted by Gasteiger charge is -2.10. The molecule has 0 saturated carbocycles. The van der Waals surface area contributed by atoms with E-state index in [4.69, 9.17) is 4.74 Å². The van der Waals surface area contributed by atoms with Gasteiger partial charge >= 0.3 is 0 Å². The second-order valence-electron chi connectivity index (χ2n) is 5.22. The second-order valence-corrected chi connectivity index (χ2v) is 7.23. The molecule has 0 amide bonds. The predicted molar refractivity (Wildman–Crippen MR) is 96.5 cm³/mol. The fourth-order valence-electron chi connectivity index (χ4n) is 2.16. The maximum absolute atomic E-state index is 5.61. The van der Waals surface area contributed by atoms with Gasteiger partial charge in [-0.15, -0.1) is 21.5 Å². The van der Waals surface area contributed by atoms with Crippen LogP contribution in [0.15, 0.2) is 53.0 Å². The highest BCUT2D eigenvalue weighted by atomic mass is 32.2. The van der Waals surface area contributed by atoms with Gasteiger partial charge in [-0.2, -0.15) is 0 Å². The Hall–Kier alpha value is -1.63. The van der Waals surface area contributed by atoms with Crippen molar-refractivity contribution in [2.24, 2.45) is 0 Å². The van der Waals surface area contributed by atoms with Gasteiger partial charge in [0.2, 0.25) is 0 Å². The average Bonchev–Trinajstić information content (AvgIpc) is 3.21. The zero-order valence-electron chi connectivity index (χ0n) is 13.2. The molecule has 6 heteroatoms. The van der Waals surface area contributed by atoms with Crippen LogP contribution in [0.2, 0.25) is 0 Å². The van der Waals surface area contributed by atoms with E-state index in [9.17, 15) is 0 Å². The number of thiophene rings is 1. The van der Waals surface area contributed by atoms with E-state index in [1.165, 1.54) is 0 Å². The van der Waals surface area contributed by atoms with E-state index < -0.39 is 0 Å². The van der Waals surface area contributed by atoms with Crippen LogP contribution in [0, 0.1) is 0 Å². The van der Waals surface area contributed by atoms with Crippen LogP contribution < -0.4 is 0 Å². The Kier molecular flexibility index (Phi) is 5.48. The summed E-state index contributed by atoms with van der Waals surface area (Å²) in [5.74, 6) is 1.74. The molecule has 23 heavy (non-hydrogen) atoms. The quantitative estimate of drug-likeness (QED) is 0.466. The smallest absolute Gasteiger partial charge is 0.196 e. The molecule has 0 aliphatic carbocycles. The lowest BCUT2D eigenvalue weighted by Crippen LogP contribution is -2.06. The molecule has 0 spiro atoms. The van der Waals surface area contributed by atoms with Crippen molar-refractivity contribution in [3.63, 3.8) is 0 Å². The lowest BCUT2D eigenvalue weighted by atomic mass is 10.3. The summed E-state index contributed by atoms with van der Waals surface area (Å²) in [6.45, 7) is 4.80. The number of hydrogen-bond acceptors (Lipinski definition) is 5. The van der Waals surface area contributed by atoms with Gasteiger partial charge in [-0.3, -0.25) is 4.57 Å². The first-order valence-electron chi connectivity index (χ1n) is 7.55. The minimum absolute atomic E-state index is 0.254. The highest BCUT2D eigenvalue weighted by Gasteiger charge is 2.16. The van der Waals surface area contributed by atoms with Crippen molar-refractivity contribution < 1.29 is 4.74 Å². The van der Waals surface area contributed by atoms with Crippen molar-refractivity contribution in [1.82, 2.24) is 14.8 Å². The molecule has 2 heterocycles. The Morgan fingerprint density at radius 1 is 1.13 bits per heavy atom. The summed E-state index contributed by atoms with van der Waals surface area (Å²) in [7, 11) is 0. The summed E-state index contributed by atoms with van der Waals surface area (Å²) in [5.41, 5.74) is 1.08. The topological polar surface area (TPSA) is 39.9 Å². The molecular formula is C17H19N3OS2. The van der Waals surface area contributed by atoms with E-state index in [2.05, 4.69) is 38.3 Å². The van der Waals surface area contributed by atoms with Crippen LogP contribution >= 0.6 is 23.1 Å². The first kappa shape index (κ1) is 16.2. The van der Waals surface area contributed by atoms with Crippen LogP contribution in [0.25, 0.3) is 16.4 Å². The number of ether oxygens (including phenoxy) is 1. The highest BCUT2D eigenvalue weighted by molar-refractivity contribution is 7.99. The van der Waals surface area contributed by atoms with Gasteiger partial charge in [-0.25, -0.2) is 0 Å². The molecule has 0 aliphatic rings. The van der Waals surface area contributed by atoms with E-state index in [-0.39, 0.29) is 6.10 Å². The van der Waals surface area contributed by atoms with E-state index in [1.807, 2.05) is 38.1 Å². The third-order valence-electron chi connectivity index (χ3n) is 3.15. The van der Waals surface area contributed by atoms with Gasteiger partial charge in [0, 0.05) is 11.4 Å². The maximum atomic E-state index is 5.61. The highest BCUT2D eigenvalue weighted by Crippen LogP contribution is 2.30. The minimum atomic E-state index is 0.254. The molecule has 0 unspecified atom stereocenters. The SMILES string of the molecule is CC(C)OCCSc1nnc(-c2cccs2)n1-c1ccccc1. The number of nitrogens with zero attached hydrogens (tertiary/aromatic N) is 3. The maximum Gasteiger partial charge on any atom is 0.196 e. The first-order valence-corrected chi connectivity index (χ1v) is 9.41. The molecule has 2 aromatic heterocycles. The molecule has 0 fully saturated rings. The zero-order chi connectivity index (χ0) is 16.1. The summed E-state index contributed by atoms with van der Waals surface area (Å²) in [6.07, 6.45) is 0.254. The molecule has 1 aromatic carbocycles. The summed E-state index contributed by atoms with van der Waals surface area (Å²) in [4.78, 5) is 1.12. The van der Waals surface area contributed by atoms with Crippen LogP contribution in [0.5, 0.6) is 0 Å². The van der Waals surface area contributed by atoms with Crippen molar-refractivity contribution in [2.45, 2.75) is 25.1 Å². The third-order valence-corrected chi connectivity index (χ3v) is 4.91. The van der Waals surface area contributed by atoms with E-state index in [0.29, 0.717) is 6.61 Å². The number of para-hydroxylation sites is 1. The van der Waals surface area contributed by atoms with Crippen LogP contribution in [-0.4, -0.2) is 33.2 Å². The van der Waals surface area contributed by atoms with E-state index in [0.717, 1.165) is 27.3 Å². The summed E-state index contributed by atoms with van der Waals surface area (Å²) in [6, 6.07) is 14.3. The van der Waals surface area contributed by atoms with Gasteiger partial charge in [0.1, 0.15) is 0 Å². The van der Waals surface area contributed by atoms with E-state index >= 15 is 0 Å². The Labute approximate surface area is 144 Å². The number of rotatable bonds is 7. The zero-order valence-corrected chi connectivity index (χ0v) is 14.8. The Bertz CT molecular complexity index is 724. The number of thioether (sulfide) groups is 1. The largest absolute Gasteiger partial charge is 0.378 e. The Morgan fingerprint density at radius 3 is 2.65 bits per heavy atom. The summed E-state index contributed by atoms with van der Waals surface area (Å²) < 4.78 is 7.73. The molecule has 0 radical (unpaired) electrons. The van der Waals surface area contributed by atoms with Gasteiger partial charge in [-0.05, 0) is 37.4 Å². The molecule has 0 bridgehead atoms. The molecule has 0 atom stereocenters. The molecular weight excluding hydrogens is 326 g/mol. The van der Waals surface area contributed by atoms with Crippen molar-refractivity contribution in [3.8, 4) is 16.4 Å². The van der Waals surface area contributed by atoms with Crippen LogP contribution in [0.4, 0.5) is 0 Å². The van der Waals surface area contributed by atoms with Crippen LogP contribution in [-0.2, 0) is 4.74 Å². The summed E-state index contributed by atoms with van der Waals surface area (Å²) in [5, 5.41) is 11.8. The van der Waals surface area contributed by atoms with Gasteiger partial charge in [0.05, 0.1) is 17.6 Å². The fraction of sp³-hybridized carbons (Fsp3) is 0.294. The van der Waals surface area contributed by atoms with Crippen LogP contribution in [0.1, 0.15) is 13.8 Å². The summed E-state index contributed by atoms with van der Waals surface area (Å²) >= 11 is 3.34. The number of hydrogen-bond donors (Lipinski definition) is 0. The predicted octanol–water partition coefficient (Wildman–Crippen LogP) is 4.51. The van der Waals surface area contributed by atoms with Crippen molar-refractivity contribution in [2.75, 3.05) is 12.4 Å². The van der Waals surface area contributed by atoms with Gasteiger partial charge in [0.25, 0.3) is 0 Å². The second kappa shape index (κ2) is 7.77. The Balaban J connectivity index is 1.88. The number of aromatic nitrogens is 3. The van der Waals surface area contributed by atoms with Crippen molar-refractivity contribution in [3.05, 3.63) is 47.8 Å². The third kappa shape index (κ3) is 4.02. The van der Waals surface area contributed by atoms with Gasteiger partial charge < -0.3 is 4.74 Å². The molecule has 4 nitrogen and oxygen atoms in total. The minimum Gasteiger partial charge on any atom is -0.378 e. The lowest BCUT2D eigenvalue weighted by molar-refractivity contribution is 0.0920. The fourth-order valence-corrected chi connectivity index (χ4v) is 3.64. The van der Waals surface area contributed by atoms with Crippen molar-refractivity contribution >= 4 is 23.1 Å². The van der Waals surface area contributed by atoms with Crippen LogP contribution in [0.3, 0.4) is 0 Å². The molecule has 3 aromatic rings. The standard InChI is InChI=1S/C17H19N3OS2/c1-13(2)21-10-12-23-17-19-18-16(15-9-6-11-22-15)20(17)14-7-4-3-5-8-14/h3-9,11,13H,10,12H2,1-2H3. The first-order chi connectivity index (χ1) is 11.3. The molecule has 3 rings (SSSR count). The average molecular weight is 345 g/mol. The number of benzene rings is 1. The normalized spacial score (nSPS) is 11.3.